The number of benzene rings is 1. The number of rotatable bonds is 3. The second-order valence-corrected chi connectivity index (χ2v) is 3.61. The first kappa shape index (κ1) is 10.9. The summed E-state index contributed by atoms with van der Waals surface area (Å²) in [6, 6.07) is 5.31. The molecular weight excluding hydrogens is 200 g/mol. The summed E-state index contributed by atoms with van der Waals surface area (Å²) in [7, 11) is 0. The van der Waals surface area contributed by atoms with Crippen molar-refractivity contribution in [1.82, 2.24) is 0 Å². The van der Waals surface area contributed by atoms with Crippen molar-refractivity contribution in [3.8, 4) is 0 Å². The fourth-order valence-electron chi connectivity index (χ4n) is 1.30. The van der Waals surface area contributed by atoms with E-state index in [9.17, 15) is 9.59 Å². The van der Waals surface area contributed by atoms with Crippen molar-refractivity contribution in [3.63, 3.8) is 0 Å². The molecule has 1 aromatic carbocycles. The summed E-state index contributed by atoms with van der Waals surface area (Å²) >= 11 is 5.89. The first-order valence-electron chi connectivity index (χ1n) is 4.27. The average molecular weight is 211 g/mol. The Labute approximate surface area is 87.9 Å². The van der Waals surface area contributed by atoms with Gasteiger partial charge in [-0.2, -0.15) is 0 Å². The van der Waals surface area contributed by atoms with Crippen LogP contribution in [0.15, 0.2) is 18.2 Å². The van der Waals surface area contributed by atoms with Crippen LogP contribution in [0.25, 0.3) is 0 Å². The monoisotopic (exact) mass is 210 g/mol. The van der Waals surface area contributed by atoms with Crippen LogP contribution in [0.4, 0.5) is 0 Å². The van der Waals surface area contributed by atoms with Gasteiger partial charge >= 0.3 is 0 Å². The summed E-state index contributed by atoms with van der Waals surface area (Å²) < 4.78 is 0. The highest BCUT2D eigenvalue weighted by Crippen LogP contribution is 2.25. The average Bonchev–Trinajstić information content (AvgIpc) is 2.16. The molecule has 0 fully saturated rings. The van der Waals surface area contributed by atoms with Gasteiger partial charge in [-0.3, -0.25) is 9.59 Å². The molecule has 0 heterocycles. The maximum atomic E-state index is 11.1. The lowest BCUT2D eigenvalue weighted by Crippen LogP contribution is -2.06. The molecule has 14 heavy (non-hydrogen) atoms. The molecule has 0 aliphatic heterocycles. The number of Topliss-reactive ketones (excluding diaryl/α,β-unsaturated/α-hetero) is 1. The van der Waals surface area contributed by atoms with Gasteiger partial charge in [-0.1, -0.05) is 18.2 Å². The lowest BCUT2D eigenvalue weighted by atomic mass is 9.99. The van der Waals surface area contributed by atoms with Gasteiger partial charge in [-0.25, -0.2) is 0 Å². The Balaban J connectivity index is 3.26. The van der Waals surface area contributed by atoms with Crippen molar-refractivity contribution in [2.24, 2.45) is 0 Å². The van der Waals surface area contributed by atoms with E-state index in [1.165, 1.54) is 6.92 Å². The van der Waals surface area contributed by atoms with E-state index in [1.807, 2.05) is 13.0 Å². The number of hydrogen-bond donors (Lipinski definition) is 0. The molecule has 1 aromatic rings. The minimum absolute atomic E-state index is 0.152. The van der Waals surface area contributed by atoms with Gasteiger partial charge in [0.25, 0.3) is 0 Å². The van der Waals surface area contributed by atoms with Crippen molar-refractivity contribution in [2.75, 3.05) is 0 Å². The molecule has 0 radical (unpaired) electrons. The minimum atomic E-state index is -0.727. The Morgan fingerprint density at radius 1 is 1.50 bits per heavy atom. The van der Waals surface area contributed by atoms with Crippen molar-refractivity contribution in [3.05, 3.63) is 34.9 Å². The fraction of sp³-hybridized carbons (Fsp3) is 0.273. The Hall–Kier alpha value is -1.15. The van der Waals surface area contributed by atoms with Gasteiger partial charge in [0.2, 0.25) is 0 Å². The first-order chi connectivity index (χ1) is 6.57. The zero-order valence-corrected chi connectivity index (χ0v) is 8.84. The summed E-state index contributed by atoms with van der Waals surface area (Å²) in [5.74, 6) is -0.152. The van der Waals surface area contributed by atoms with Crippen LogP contribution in [0.1, 0.15) is 33.8 Å². The van der Waals surface area contributed by atoms with Crippen molar-refractivity contribution in [1.29, 1.82) is 0 Å². The van der Waals surface area contributed by atoms with Gasteiger partial charge in [-0.15, -0.1) is 11.6 Å². The van der Waals surface area contributed by atoms with Gasteiger partial charge in [-0.05, 0) is 25.0 Å². The summed E-state index contributed by atoms with van der Waals surface area (Å²) in [6.45, 7) is 3.23. The summed E-state index contributed by atoms with van der Waals surface area (Å²) in [4.78, 5) is 21.9. The van der Waals surface area contributed by atoms with Gasteiger partial charge in [0.15, 0.2) is 12.1 Å². The quantitative estimate of drug-likeness (QED) is 0.568. The molecule has 0 aliphatic carbocycles. The highest BCUT2D eigenvalue weighted by Gasteiger charge is 2.17. The summed E-state index contributed by atoms with van der Waals surface area (Å²) in [5.41, 5.74) is 1.95. The standard InChI is InChI=1S/C11H11ClO2/c1-7-4-3-5-9(10(7)6-13)11(12)8(2)14/h3-6,11H,1-2H3. The maximum absolute atomic E-state index is 11.1. The molecule has 1 rings (SSSR count). The SMILES string of the molecule is CC(=O)C(Cl)c1cccc(C)c1C=O. The topological polar surface area (TPSA) is 34.1 Å². The molecule has 0 spiro atoms. The molecule has 0 saturated heterocycles. The van der Waals surface area contributed by atoms with E-state index < -0.39 is 5.38 Å². The van der Waals surface area contributed by atoms with E-state index in [-0.39, 0.29) is 5.78 Å². The van der Waals surface area contributed by atoms with Crippen molar-refractivity contribution in [2.45, 2.75) is 19.2 Å². The minimum Gasteiger partial charge on any atom is -0.298 e. The Morgan fingerprint density at radius 2 is 2.14 bits per heavy atom. The third-order valence-electron chi connectivity index (χ3n) is 2.11. The smallest absolute Gasteiger partial charge is 0.152 e. The second kappa shape index (κ2) is 4.38. The van der Waals surface area contributed by atoms with E-state index >= 15 is 0 Å². The number of aldehydes is 1. The molecule has 0 amide bonds. The molecule has 0 aliphatic rings. The van der Waals surface area contributed by atoms with Crippen LogP contribution >= 0.6 is 11.6 Å². The van der Waals surface area contributed by atoms with Gasteiger partial charge in [0.05, 0.1) is 0 Å². The fourth-order valence-corrected chi connectivity index (χ4v) is 1.49. The summed E-state index contributed by atoms with van der Waals surface area (Å²) in [5, 5.41) is -0.727. The predicted octanol–water partition coefficient (Wildman–Crippen LogP) is 2.68. The molecule has 0 bridgehead atoms. The van der Waals surface area contributed by atoms with Crippen LogP contribution in [0, 0.1) is 6.92 Å². The third kappa shape index (κ3) is 2.02. The molecule has 0 aromatic heterocycles. The van der Waals surface area contributed by atoms with Gasteiger partial charge in [0, 0.05) is 5.56 Å². The zero-order valence-electron chi connectivity index (χ0n) is 8.08. The van der Waals surface area contributed by atoms with Crippen LogP contribution in [0.2, 0.25) is 0 Å². The van der Waals surface area contributed by atoms with E-state index in [0.717, 1.165) is 11.8 Å². The number of carbonyl (C=O) groups excluding carboxylic acids is 2. The lowest BCUT2D eigenvalue weighted by molar-refractivity contribution is -0.116. The highest BCUT2D eigenvalue weighted by molar-refractivity contribution is 6.31. The number of hydrogen-bond acceptors (Lipinski definition) is 2. The normalized spacial score (nSPS) is 12.2. The zero-order chi connectivity index (χ0) is 10.7. The van der Waals surface area contributed by atoms with Crippen LogP contribution in [0.3, 0.4) is 0 Å². The third-order valence-corrected chi connectivity index (χ3v) is 2.65. The molecule has 0 N–H and O–H groups in total. The second-order valence-electron chi connectivity index (χ2n) is 3.17. The van der Waals surface area contributed by atoms with Crippen LogP contribution in [-0.2, 0) is 4.79 Å². The van der Waals surface area contributed by atoms with E-state index in [4.69, 9.17) is 11.6 Å². The molecule has 2 nitrogen and oxygen atoms in total. The van der Waals surface area contributed by atoms with Crippen LogP contribution in [0.5, 0.6) is 0 Å². The number of aryl methyl sites for hydroxylation is 1. The molecule has 0 saturated carbocycles. The molecular formula is C11H11ClO2. The van der Waals surface area contributed by atoms with Crippen LogP contribution in [-0.4, -0.2) is 12.1 Å². The number of alkyl halides is 1. The first-order valence-corrected chi connectivity index (χ1v) is 4.70. The van der Waals surface area contributed by atoms with Gasteiger partial charge in [0.1, 0.15) is 5.38 Å². The lowest BCUT2D eigenvalue weighted by Gasteiger charge is -2.10. The number of ketones is 1. The molecule has 3 heteroatoms. The van der Waals surface area contributed by atoms with Gasteiger partial charge < -0.3 is 0 Å². The molecule has 1 unspecified atom stereocenters. The Kier molecular flexibility index (Phi) is 3.42. The van der Waals surface area contributed by atoms with Crippen molar-refractivity contribution < 1.29 is 9.59 Å². The number of halogens is 1. The summed E-state index contributed by atoms with van der Waals surface area (Å²) in [6.07, 6.45) is 0.739. The van der Waals surface area contributed by atoms with E-state index in [0.29, 0.717) is 11.1 Å². The Morgan fingerprint density at radius 3 is 2.64 bits per heavy atom. The molecule has 74 valence electrons. The Bertz CT molecular complexity index is 372. The van der Waals surface area contributed by atoms with Crippen LogP contribution < -0.4 is 0 Å². The van der Waals surface area contributed by atoms with Crippen molar-refractivity contribution >= 4 is 23.7 Å². The number of carbonyl (C=O) groups is 2. The maximum Gasteiger partial charge on any atom is 0.152 e. The molecule has 1 atom stereocenters. The van der Waals surface area contributed by atoms with E-state index in [1.54, 1.807) is 12.1 Å². The van der Waals surface area contributed by atoms with E-state index in [2.05, 4.69) is 0 Å². The highest BCUT2D eigenvalue weighted by atomic mass is 35.5. The largest absolute Gasteiger partial charge is 0.298 e. The predicted molar refractivity (Wildman–Crippen MR) is 55.8 cm³/mol.